The number of rotatable bonds is 72. The highest BCUT2D eigenvalue weighted by molar-refractivity contribution is 7.47. The lowest BCUT2D eigenvalue weighted by Crippen LogP contribution is -2.30. The van der Waals surface area contributed by atoms with Gasteiger partial charge in [-0.3, -0.25) is 37.3 Å². The molecule has 0 aliphatic carbocycles. The second-order valence-electron chi connectivity index (χ2n) is 27.9. The number of ether oxygens (including phenoxy) is 4. The Morgan fingerprint density at radius 3 is 0.817 bits per heavy atom. The summed E-state index contributed by atoms with van der Waals surface area (Å²) in [6.45, 7) is 11.8. The maximum atomic E-state index is 13.1. The Hall–Kier alpha value is -1.94. The molecule has 0 aliphatic rings. The lowest BCUT2D eigenvalue weighted by atomic mass is 9.99. The largest absolute Gasteiger partial charge is 0.472 e. The van der Waals surface area contributed by atoms with Gasteiger partial charge in [-0.1, -0.05) is 325 Å². The molecule has 0 saturated carbocycles. The van der Waals surface area contributed by atoms with Gasteiger partial charge in [-0.2, -0.15) is 0 Å². The first kappa shape index (κ1) is 91.1. The fourth-order valence-electron chi connectivity index (χ4n) is 11.2. The predicted octanol–water partition coefficient (Wildman–Crippen LogP) is 21.4. The van der Waals surface area contributed by atoms with Crippen LogP contribution in [0.2, 0.25) is 0 Å². The molecule has 0 fully saturated rings. The minimum atomic E-state index is -4.95. The highest BCUT2D eigenvalue weighted by Gasteiger charge is 2.30. The molecule has 17 nitrogen and oxygen atoms in total. The van der Waals surface area contributed by atoms with Crippen LogP contribution in [0.4, 0.5) is 0 Å². The van der Waals surface area contributed by atoms with Crippen molar-refractivity contribution in [3.8, 4) is 0 Å². The third kappa shape index (κ3) is 67.0. The quantitative estimate of drug-likeness (QED) is 0.0222. The molecule has 0 rings (SSSR count). The molecule has 0 aromatic heterocycles. The van der Waals surface area contributed by atoms with E-state index in [0.29, 0.717) is 25.7 Å². The van der Waals surface area contributed by atoms with Gasteiger partial charge >= 0.3 is 39.5 Å². The monoisotopic (exact) mass is 1370 g/mol. The Balaban J connectivity index is 5.11. The van der Waals surface area contributed by atoms with Gasteiger partial charge in [0.05, 0.1) is 26.4 Å². The number of unbranched alkanes of at least 4 members (excludes halogenated alkanes) is 39. The van der Waals surface area contributed by atoms with E-state index in [0.717, 1.165) is 114 Å². The highest BCUT2D eigenvalue weighted by Crippen LogP contribution is 2.45. The number of phosphoric ester groups is 2. The van der Waals surface area contributed by atoms with E-state index in [1.807, 2.05) is 0 Å². The molecule has 3 unspecified atom stereocenters. The van der Waals surface area contributed by atoms with E-state index in [2.05, 4.69) is 48.5 Å². The summed E-state index contributed by atoms with van der Waals surface area (Å²) in [4.78, 5) is 72.4. The van der Waals surface area contributed by atoms with Crippen LogP contribution in [0.15, 0.2) is 0 Å². The summed E-state index contributed by atoms with van der Waals surface area (Å²) in [5.74, 6) is 0.246. The van der Waals surface area contributed by atoms with Crippen LogP contribution < -0.4 is 0 Å². The number of carbonyl (C=O) groups excluding carboxylic acids is 4. The second kappa shape index (κ2) is 64.7. The summed E-state index contributed by atoms with van der Waals surface area (Å²) >= 11 is 0. The molecule has 93 heavy (non-hydrogen) atoms. The molecular formula is C74H144O17P2. The first-order valence-corrected chi connectivity index (χ1v) is 41.4. The maximum Gasteiger partial charge on any atom is 0.472 e. The van der Waals surface area contributed by atoms with E-state index < -0.39 is 97.5 Å². The zero-order valence-electron chi connectivity index (χ0n) is 60.7. The zero-order valence-corrected chi connectivity index (χ0v) is 62.5. The Morgan fingerprint density at radius 2 is 0.548 bits per heavy atom. The van der Waals surface area contributed by atoms with Crippen molar-refractivity contribution in [3.63, 3.8) is 0 Å². The van der Waals surface area contributed by atoms with Crippen LogP contribution in [-0.2, 0) is 65.4 Å². The van der Waals surface area contributed by atoms with Crippen LogP contribution in [0.1, 0.15) is 376 Å². The van der Waals surface area contributed by atoms with Crippen LogP contribution >= 0.6 is 15.6 Å². The molecular weight excluding hydrogens is 1220 g/mol. The molecule has 0 spiro atoms. The minimum Gasteiger partial charge on any atom is -0.462 e. The van der Waals surface area contributed by atoms with Crippen LogP contribution in [-0.4, -0.2) is 96.7 Å². The summed E-state index contributed by atoms with van der Waals surface area (Å²) in [6, 6.07) is 0. The number of hydrogen-bond donors (Lipinski definition) is 3. The van der Waals surface area contributed by atoms with Gasteiger partial charge in [-0.05, 0) is 43.4 Å². The number of aliphatic hydroxyl groups excluding tert-OH is 1. The van der Waals surface area contributed by atoms with Gasteiger partial charge in [0.15, 0.2) is 12.2 Å². The second-order valence-corrected chi connectivity index (χ2v) is 30.8. The van der Waals surface area contributed by atoms with E-state index in [1.54, 1.807) is 0 Å². The first-order chi connectivity index (χ1) is 44.8. The topological polar surface area (TPSA) is 237 Å². The average molecular weight is 1370 g/mol. The van der Waals surface area contributed by atoms with Gasteiger partial charge in [0.25, 0.3) is 0 Å². The van der Waals surface area contributed by atoms with E-state index in [-0.39, 0.29) is 25.7 Å². The molecule has 0 aliphatic heterocycles. The molecule has 0 bridgehead atoms. The van der Waals surface area contributed by atoms with Gasteiger partial charge in [-0.15, -0.1) is 0 Å². The van der Waals surface area contributed by atoms with Gasteiger partial charge < -0.3 is 33.8 Å². The van der Waals surface area contributed by atoms with E-state index in [9.17, 15) is 43.2 Å². The first-order valence-electron chi connectivity index (χ1n) is 38.4. The average Bonchev–Trinajstić information content (AvgIpc) is 3.23. The Morgan fingerprint density at radius 1 is 0.312 bits per heavy atom. The zero-order chi connectivity index (χ0) is 68.7. The lowest BCUT2D eigenvalue weighted by Gasteiger charge is -2.21. The van der Waals surface area contributed by atoms with Crippen LogP contribution in [0.25, 0.3) is 0 Å². The third-order valence-corrected chi connectivity index (χ3v) is 19.4. The van der Waals surface area contributed by atoms with Crippen LogP contribution in [0, 0.1) is 17.8 Å². The van der Waals surface area contributed by atoms with Gasteiger partial charge in [0.2, 0.25) is 0 Å². The highest BCUT2D eigenvalue weighted by atomic mass is 31.2. The molecule has 6 atom stereocenters. The van der Waals surface area contributed by atoms with E-state index >= 15 is 0 Å². The molecule has 0 aromatic rings. The number of aliphatic hydroxyl groups is 1. The summed E-state index contributed by atoms with van der Waals surface area (Å²) < 4.78 is 68.2. The maximum absolute atomic E-state index is 13.1. The van der Waals surface area contributed by atoms with Crippen molar-refractivity contribution in [3.05, 3.63) is 0 Å². The normalized spacial score (nSPS) is 14.4. The third-order valence-electron chi connectivity index (χ3n) is 17.5. The summed E-state index contributed by atoms with van der Waals surface area (Å²) in [5, 5.41) is 10.6. The molecule has 552 valence electrons. The van der Waals surface area contributed by atoms with Crippen molar-refractivity contribution >= 4 is 39.5 Å². The molecule has 0 radical (unpaired) electrons. The molecule has 0 heterocycles. The fourth-order valence-corrected chi connectivity index (χ4v) is 12.8. The summed E-state index contributed by atoms with van der Waals surface area (Å²) in [6.07, 6.45) is 50.4. The molecule has 0 saturated heterocycles. The molecule has 3 N–H and O–H groups in total. The van der Waals surface area contributed by atoms with Crippen molar-refractivity contribution in [2.45, 2.75) is 394 Å². The predicted molar refractivity (Wildman–Crippen MR) is 377 cm³/mol. The SMILES string of the molecule is CCCCCCCC(=O)OC[C@H](COP(=O)(O)OC[C@H](O)COP(=O)(O)OC[C@@H](COC(=O)CCCCCCCCCCCCCC(C)C)OC(=O)CCCCCCCCCCCCCCCCCCCCC(C)CC)OC(=O)CCCCCCCCCCCC(C)C. The van der Waals surface area contributed by atoms with Crippen molar-refractivity contribution in [1.82, 2.24) is 0 Å². The van der Waals surface area contributed by atoms with Crippen molar-refractivity contribution < 1.29 is 80.2 Å². The Kier molecular flexibility index (Phi) is 63.4. The van der Waals surface area contributed by atoms with Crippen molar-refractivity contribution in [2.24, 2.45) is 17.8 Å². The number of hydrogen-bond acceptors (Lipinski definition) is 15. The molecule has 0 amide bonds. The summed E-state index contributed by atoms with van der Waals surface area (Å²) in [7, 11) is -9.90. The number of esters is 4. The standard InChI is InChI=1S/C74H144O17P2/c1-8-10-11-38-48-55-71(76)84-61-69(90-74(79)58-51-44-37-31-25-27-33-40-46-53-66(5)6)63-88-92(80,81)86-59-68(75)60-87-93(82,83)89-64-70(62-85-72(77)56-49-42-35-29-24-20-21-26-32-39-45-52-65(3)4)91-73(78)57-50-43-36-30-23-19-17-15-13-12-14-16-18-22-28-34-41-47-54-67(7)9-2/h65-70,75H,8-64H2,1-7H3,(H,80,81)(H,82,83)/t67?,68-,69+,70+/m0/s1. The van der Waals surface area contributed by atoms with Gasteiger partial charge in [-0.25, -0.2) is 9.13 Å². The number of phosphoric acid groups is 2. The molecule has 0 aromatic carbocycles. The lowest BCUT2D eigenvalue weighted by molar-refractivity contribution is -0.161. The smallest absolute Gasteiger partial charge is 0.462 e. The number of carbonyl (C=O) groups is 4. The van der Waals surface area contributed by atoms with Crippen molar-refractivity contribution in [2.75, 3.05) is 39.6 Å². The Bertz CT molecular complexity index is 1820. The van der Waals surface area contributed by atoms with Crippen LogP contribution in [0.5, 0.6) is 0 Å². The van der Waals surface area contributed by atoms with Gasteiger partial charge in [0.1, 0.15) is 19.3 Å². The Labute approximate surface area is 568 Å². The van der Waals surface area contributed by atoms with E-state index in [4.69, 9.17) is 37.0 Å². The fraction of sp³-hybridized carbons (Fsp3) is 0.946. The minimum absolute atomic E-state index is 0.104. The van der Waals surface area contributed by atoms with Gasteiger partial charge in [0, 0.05) is 25.7 Å². The molecule has 19 heteroatoms. The van der Waals surface area contributed by atoms with Crippen molar-refractivity contribution in [1.29, 1.82) is 0 Å². The summed E-state index contributed by atoms with van der Waals surface area (Å²) in [5.41, 5.74) is 0. The van der Waals surface area contributed by atoms with Crippen LogP contribution in [0.3, 0.4) is 0 Å². The van der Waals surface area contributed by atoms with E-state index in [1.165, 1.54) is 180 Å².